The summed E-state index contributed by atoms with van der Waals surface area (Å²) < 4.78 is 5.70. The Hall–Kier alpha value is -2.21. The molecule has 1 amide bonds. The molecule has 0 spiro atoms. The predicted molar refractivity (Wildman–Crippen MR) is 96.1 cm³/mol. The van der Waals surface area contributed by atoms with Crippen molar-refractivity contribution in [2.75, 3.05) is 19.7 Å². The highest BCUT2D eigenvalue weighted by atomic mass is 16.5. The van der Waals surface area contributed by atoms with Gasteiger partial charge in [0.15, 0.2) is 5.69 Å². The molecule has 0 aliphatic carbocycles. The zero-order valence-corrected chi connectivity index (χ0v) is 15.5. The van der Waals surface area contributed by atoms with E-state index in [1.54, 1.807) is 4.80 Å². The number of amides is 1. The van der Waals surface area contributed by atoms with Crippen LogP contribution in [0.4, 0.5) is 0 Å². The third-order valence-electron chi connectivity index (χ3n) is 4.62. The molecule has 0 N–H and O–H groups in total. The molecule has 0 radical (unpaired) electrons. The first-order valence-corrected chi connectivity index (χ1v) is 8.92. The summed E-state index contributed by atoms with van der Waals surface area (Å²) in [5, 5.41) is 8.96. The van der Waals surface area contributed by atoms with Crippen LogP contribution in [0.25, 0.3) is 5.69 Å². The molecule has 1 aliphatic heterocycles. The van der Waals surface area contributed by atoms with E-state index in [0.717, 1.165) is 30.6 Å². The normalized spacial score (nSPS) is 17.8. The molecule has 1 aliphatic rings. The van der Waals surface area contributed by atoms with Gasteiger partial charge in [-0.2, -0.15) is 9.90 Å². The van der Waals surface area contributed by atoms with Crippen molar-refractivity contribution >= 4 is 5.91 Å². The van der Waals surface area contributed by atoms with Crippen molar-refractivity contribution in [3.8, 4) is 5.69 Å². The molecule has 1 aromatic heterocycles. The summed E-state index contributed by atoms with van der Waals surface area (Å²) in [6.07, 6.45) is 2.09. The van der Waals surface area contributed by atoms with Gasteiger partial charge in [-0.1, -0.05) is 17.7 Å². The average molecular weight is 342 g/mol. The topological polar surface area (TPSA) is 60.2 Å². The Labute approximate surface area is 148 Å². The molecule has 2 aromatic rings. The number of ether oxygens (including phenoxy) is 1. The van der Waals surface area contributed by atoms with Gasteiger partial charge in [-0.25, -0.2) is 0 Å². The zero-order chi connectivity index (χ0) is 18.0. The molecule has 0 bridgehead atoms. The first-order chi connectivity index (χ1) is 12.0. The summed E-state index contributed by atoms with van der Waals surface area (Å²) in [5.74, 6) is -0.0575. The lowest BCUT2D eigenvalue weighted by Gasteiger charge is -2.32. The number of carbonyl (C=O) groups excluding carboxylic acids is 1. The number of carbonyl (C=O) groups is 1. The van der Waals surface area contributed by atoms with Crippen molar-refractivity contribution in [1.82, 2.24) is 19.9 Å². The molecule has 2 heterocycles. The number of hydrogen-bond acceptors (Lipinski definition) is 4. The van der Waals surface area contributed by atoms with Gasteiger partial charge in [-0.3, -0.25) is 4.79 Å². The molecular weight excluding hydrogens is 316 g/mol. The van der Waals surface area contributed by atoms with Crippen LogP contribution in [0.5, 0.6) is 0 Å². The van der Waals surface area contributed by atoms with Crippen molar-refractivity contribution in [2.45, 2.75) is 46.6 Å². The Balaban J connectivity index is 1.83. The highest BCUT2D eigenvalue weighted by Gasteiger charge is 2.28. The van der Waals surface area contributed by atoms with Gasteiger partial charge in [0.2, 0.25) is 0 Å². The van der Waals surface area contributed by atoms with Gasteiger partial charge in [0.1, 0.15) is 0 Å². The molecule has 3 rings (SSSR count). The Kier molecular flexibility index (Phi) is 5.18. The molecule has 1 saturated heterocycles. The minimum Gasteiger partial charge on any atom is -0.377 e. The number of benzene rings is 1. The number of hydrogen-bond donors (Lipinski definition) is 0. The lowest BCUT2D eigenvalue weighted by Crippen LogP contribution is -2.43. The summed E-state index contributed by atoms with van der Waals surface area (Å²) in [7, 11) is 0. The fraction of sp³-hybridized carbons (Fsp3) is 0.526. The lowest BCUT2D eigenvalue weighted by molar-refractivity contribution is 0.00699. The van der Waals surface area contributed by atoms with Gasteiger partial charge in [-0.05, 0) is 52.2 Å². The van der Waals surface area contributed by atoms with Crippen LogP contribution in [0, 0.1) is 20.8 Å². The van der Waals surface area contributed by atoms with Crippen LogP contribution in [-0.4, -0.2) is 51.6 Å². The molecule has 0 saturated carbocycles. The minimum atomic E-state index is -0.0575. The molecule has 25 heavy (non-hydrogen) atoms. The predicted octanol–water partition coefficient (Wildman–Crippen LogP) is 2.83. The van der Waals surface area contributed by atoms with E-state index in [9.17, 15) is 4.79 Å². The SMILES string of the molecule is CCOC1CCCN(C(=O)c2nn(-c3ccc(C)cc3C)nc2C)C1. The molecule has 1 aromatic carbocycles. The molecule has 6 nitrogen and oxygen atoms in total. The quantitative estimate of drug-likeness (QED) is 0.857. The lowest BCUT2D eigenvalue weighted by atomic mass is 10.1. The van der Waals surface area contributed by atoms with Gasteiger partial charge in [0.25, 0.3) is 5.91 Å². The molecule has 1 fully saturated rings. The maximum atomic E-state index is 12.9. The molecule has 6 heteroatoms. The van der Waals surface area contributed by atoms with Crippen molar-refractivity contribution in [2.24, 2.45) is 0 Å². The van der Waals surface area contributed by atoms with Crippen LogP contribution in [0.1, 0.15) is 47.1 Å². The third-order valence-corrected chi connectivity index (χ3v) is 4.62. The fourth-order valence-corrected chi connectivity index (χ4v) is 3.36. The van der Waals surface area contributed by atoms with E-state index in [0.29, 0.717) is 24.5 Å². The Morgan fingerprint density at radius 1 is 1.28 bits per heavy atom. The van der Waals surface area contributed by atoms with E-state index >= 15 is 0 Å². The maximum Gasteiger partial charge on any atom is 0.276 e. The summed E-state index contributed by atoms with van der Waals surface area (Å²) in [4.78, 5) is 16.3. The first kappa shape index (κ1) is 17.6. The summed E-state index contributed by atoms with van der Waals surface area (Å²) in [6.45, 7) is 9.96. The average Bonchev–Trinajstić information content (AvgIpc) is 2.96. The standard InChI is InChI=1S/C19H26N4O2/c1-5-25-16-7-6-10-22(12-16)19(24)18-15(4)20-23(21-18)17-9-8-13(2)11-14(17)3/h8-9,11,16H,5-7,10,12H2,1-4H3. The molecule has 1 unspecified atom stereocenters. The number of nitrogens with zero attached hydrogens (tertiary/aromatic N) is 4. The number of aryl methyl sites for hydroxylation is 3. The van der Waals surface area contributed by atoms with Crippen molar-refractivity contribution < 1.29 is 9.53 Å². The second kappa shape index (κ2) is 7.35. The van der Waals surface area contributed by atoms with Crippen LogP contribution in [0.15, 0.2) is 18.2 Å². The molecule has 1 atom stereocenters. The summed E-state index contributed by atoms with van der Waals surface area (Å²) >= 11 is 0. The smallest absolute Gasteiger partial charge is 0.276 e. The number of piperidine rings is 1. The van der Waals surface area contributed by atoms with Gasteiger partial charge in [0.05, 0.1) is 17.5 Å². The fourth-order valence-electron chi connectivity index (χ4n) is 3.36. The second-order valence-electron chi connectivity index (χ2n) is 6.68. The highest BCUT2D eigenvalue weighted by Crippen LogP contribution is 2.19. The van der Waals surface area contributed by atoms with Gasteiger partial charge in [0, 0.05) is 19.7 Å². The largest absolute Gasteiger partial charge is 0.377 e. The highest BCUT2D eigenvalue weighted by molar-refractivity contribution is 5.93. The number of aromatic nitrogens is 3. The van der Waals surface area contributed by atoms with E-state index in [2.05, 4.69) is 23.2 Å². The monoisotopic (exact) mass is 342 g/mol. The number of rotatable bonds is 4. The van der Waals surface area contributed by atoms with Crippen molar-refractivity contribution in [3.05, 3.63) is 40.7 Å². The first-order valence-electron chi connectivity index (χ1n) is 8.92. The molecule has 134 valence electrons. The van der Waals surface area contributed by atoms with E-state index < -0.39 is 0 Å². The Bertz CT molecular complexity index is 767. The summed E-state index contributed by atoms with van der Waals surface area (Å²) in [6, 6.07) is 6.11. The Morgan fingerprint density at radius 3 is 2.80 bits per heavy atom. The van der Waals surface area contributed by atoms with Crippen LogP contribution in [-0.2, 0) is 4.74 Å². The van der Waals surface area contributed by atoms with Gasteiger partial charge in [-0.15, -0.1) is 5.10 Å². The molecular formula is C19H26N4O2. The van der Waals surface area contributed by atoms with E-state index in [4.69, 9.17) is 4.74 Å². The summed E-state index contributed by atoms with van der Waals surface area (Å²) in [5.41, 5.74) is 4.26. The van der Waals surface area contributed by atoms with Crippen molar-refractivity contribution in [1.29, 1.82) is 0 Å². The van der Waals surface area contributed by atoms with E-state index in [1.165, 1.54) is 5.56 Å². The zero-order valence-electron chi connectivity index (χ0n) is 15.5. The van der Waals surface area contributed by atoms with E-state index in [1.807, 2.05) is 37.8 Å². The Morgan fingerprint density at radius 2 is 2.08 bits per heavy atom. The maximum absolute atomic E-state index is 12.9. The van der Waals surface area contributed by atoms with E-state index in [-0.39, 0.29) is 12.0 Å². The van der Waals surface area contributed by atoms with Crippen LogP contribution < -0.4 is 0 Å². The number of likely N-dealkylation sites (tertiary alicyclic amines) is 1. The second-order valence-corrected chi connectivity index (χ2v) is 6.68. The van der Waals surface area contributed by atoms with Crippen LogP contribution >= 0.6 is 0 Å². The van der Waals surface area contributed by atoms with Gasteiger partial charge >= 0.3 is 0 Å². The van der Waals surface area contributed by atoms with Crippen molar-refractivity contribution in [3.63, 3.8) is 0 Å². The van der Waals surface area contributed by atoms with Crippen LogP contribution in [0.3, 0.4) is 0 Å². The minimum absolute atomic E-state index is 0.0575. The van der Waals surface area contributed by atoms with Gasteiger partial charge < -0.3 is 9.64 Å². The third kappa shape index (κ3) is 3.74. The van der Waals surface area contributed by atoms with Crippen LogP contribution in [0.2, 0.25) is 0 Å².